The van der Waals surface area contributed by atoms with Gasteiger partial charge in [-0.15, -0.1) is 0 Å². The number of rotatable bonds is 4. The summed E-state index contributed by atoms with van der Waals surface area (Å²) in [5, 5.41) is 2.05. The first kappa shape index (κ1) is 13.4. The van der Waals surface area contributed by atoms with Gasteiger partial charge in [-0.2, -0.15) is 0 Å². The van der Waals surface area contributed by atoms with Gasteiger partial charge in [-0.1, -0.05) is 18.2 Å². The van der Waals surface area contributed by atoms with Gasteiger partial charge in [0.05, 0.1) is 13.7 Å². The second-order valence-electron chi connectivity index (χ2n) is 4.20. The van der Waals surface area contributed by atoms with Crippen molar-refractivity contribution in [1.29, 1.82) is 0 Å². The Labute approximate surface area is 112 Å². The molecular weight excluding hydrogens is 242 g/mol. The average Bonchev–Trinajstić information content (AvgIpc) is 2.45. The lowest BCUT2D eigenvalue weighted by molar-refractivity contribution is -0.144. The summed E-state index contributed by atoms with van der Waals surface area (Å²) >= 11 is 0. The molecule has 4 nitrogen and oxygen atoms in total. The fraction of sp³-hybridized carbons (Fsp3) is 0.267. The molecule has 2 N–H and O–H groups in total. The van der Waals surface area contributed by atoms with Crippen molar-refractivity contribution in [3.63, 3.8) is 0 Å². The van der Waals surface area contributed by atoms with E-state index in [4.69, 9.17) is 15.2 Å². The number of hydrogen-bond acceptors (Lipinski definition) is 4. The van der Waals surface area contributed by atoms with Crippen LogP contribution < -0.4 is 10.5 Å². The zero-order valence-corrected chi connectivity index (χ0v) is 11.1. The number of esters is 1. The van der Waals surface area contributed by atoms with Crippen molar-refractivity contribution in [2.24, 2.45) is 5.73 Å². The molecule has 100 valence electrons. The van der Waals surface area contributed by atoms with Gasteiger partial charge in [0.25, 0.3) is 0 Å². The first-order chi connectivity index (χ1) is 9.15. The van der Waals surface area contributed by atoms with Gasteiger partial charge >= 0.3 is 5.97 Å². The van der Waals surface area contributed by atoms with E-state index in [9.17, 15) is 4.79 Å². The van der Waals surface area contributed by atoms with E-state index in [1.165, 1.54) is 0 Å². The van der Waals surface area contributed by atoms with Crippen LogP contribution in [0.1, 0.15) is 18.5 Å². The van der Waals surface area contributed by atoms with Crippen LogP contribution in [-0.2, 0) is 9.53 Å². The molecule has 4 heteroatoms. The number of methoxy groups -OCH3 is 1. The van der Waals surface area contributed by atoms with E-state index in [1.807, 2.05) is 36.4 Å². The molecular formula is C15H17NO3. The lowest BCUT2D eigenvalue weighted by Gasteiger charge is -2.12. The molecule has 1 atom stereocenters. The Balaban J connectivity index is 2.33. The summed E-state index contributed by atoms with van der Waals surface area (Å²) in [6, 6.07) is 10.7. The van der Waals surface area contributed by atoms with E-state index in [0.29, 0.717) is 6.61 Å². The van der Waals surface area contributed by atoms with E-state index in [1.54, 1.807) is 14.0 Å². The van der Waals surface area contributed by atoms with Gasteiger partial charge < -0.3 is 15.2 Å². The molecule has 0 spiro atoms. The summed E-state index contributed by atoms with van der Waals surface area (Å²) < 4.78 is 10.1. The van der Waals surface area contributed by atoms with E-state index in [2.05, 4.69) is 0 Å². The fourth-order valence-electron chi connectivity index (χ4n) is 1.93. The topological polar surface area (TPSA) is 61.5 Å². The first-order valence-electron chi connectivity index (χ1n) is 6.15. The van der Waals surface area contributed by atoms with Crippen LogP contribution in [0.25, 0.3) is 10.8 Å². The predicted molar refractivity (Wildman–Crippen MR) is 74.1 cm³/mol. The van der Waals surface area contributed by atoms with E-state index in [0.717, 1.165) is 22.1 Å². The zero-order valence-electron chi connectivity index (χ0n) is 11.1. The highest BCUT2D eigenvalue weighted by Crippen LogP contribution is 2.24. The third-order valence-corrected chi connectivity index (χ3v) is 2.97. The molecule has 0 aliphatic heterocycles. The summed E-state index contributed by atoms with van der Waals surface area (Å²) in [4.78, 5) is 11.6. The van der Waals surface area contributed by atoms with Gasteiger partial charge in [0, 0.05) is 0 Å². The third-order valence-electron chi connectivity index (χ3n) is 2.97. The highest BCUT2D eigenvalue weighted by Gasteiger charge is 2.17. The summed E-state index contributed by atoms with van der Waals surface area (Å²) in [5.74, 6) is 0.394. The van der Waals surface area contributed by atoms with Crippen LogP contribution in [0.5, 0.6) is 5.75 Å². The molecule has 0 heterocycles. The summed E-state index contributed by atoms with van der Waals surface area (Å²) in [6.45, 7) is 2.09. The summed E-state index contributed by atoms with van der Waals surface area (Å²) in [7, 11) is 1.63. The smallest absolute Gasteiger partial charge is 0.327 e. The molecule has 0 radical (unpaired) electrons. The molecule has 0 aromatic heterocycles. The van der Waals surface area contributed by atoms with Crippen LogP contribution >= 0.6 is 0 Å². The molecule has 0 aliphatic rings. The van der Waals surface area contributed by atoms with Crippen molar-refractivity contribution in [2.75, 3.05) is 13.7 Å². The quantitative estimate of drug-likeness (QED) is 0.856. The van der Waals surface area contributed by atoms with E-state index >= 15 is 0 Å². The van der Waals surface area contributed by atoms with Gasteiger partial charge in [0.15, 0.2) is 0 Å². The minimum absolute atomic E-state index is 0.331. The number of benzene rings is 2. The molecule has 19 heavy (non-hydrogen) atoms. The Hall–Kier alpha value is -2.07. The standard InChI is InChI=1S/C15H17NO3/c1-3-19-15(17)14(16)12-5-4-11-9-13(18-2)7-6-10(11)8-12/h4-9,14H,3,16H2,1-2H3. The second kappa shape index (κ2) is 5.71. The van der Waals surface area contributed by atoms with Gasteiger partial charge in [-0.3, -0.25) is 0 Å². The molecule has 2 aromatic carbocycles. The predicted octanol–water partition coefficient (Wildman–Crippen LogP) is 2.41. The normalized spacial score (nSPS) is 12.2. The Morgan fingerprint density at radius 1 is 1.21 bits per heavy atom. The van der Waals surface area contributed by atoms with Gasteiger partial charge in [0.1, 0.15) is 11.8 Å². The fourth-order valence-corrected chi connectivity index (χ4v) is 1.93. The van der Waals surface area contributed by atoms with Crippen molar-refractivity contribution in [2.45, 2.75) is 13.0 Å². The molecule has 0 amide bonds. The molecule has 0 bridgehead atoms. The molecule has 0 aliphatic carbocycles. The highest BCUT2D eigenvalue weighted by atomic mass is 16.5. The van der Waals surface area contributed by atoms with Crippen molar-refractivity contribution >= 4 is 16.7 Å². The van der Waals surface area contributed by atoms with Crippen molar-refractivity contribution < 1.29 is 14.3 Å². The number of carbonyl (C=O) groups excluding carboxylic acids is 1. The maximum Gasteiger partial charge on any atom is 0.327 e. The van der Waals surface area contributed by atoms with Crippen LogP contribution in [0.4, 0.5) is 0 Å². The lowest BCUT2D eigenvalue weighted by atomic mass is 10.0. The SMILES string of the molecule is CCOC(=O)C(N)c1ccc2cc(OC)ccc2c1. The molecule has 0 saturated carbocycles. The molecule has 0 saturated heterocycles. The third kappa shape index (κ3) is 2.85. The maximum atomic E-state index is 11.6. The number of nitrogens with two attached hydrogens (primary N) is 1. The first-order valence-corrected chi connectivity index (χ1v) is 6.15. The van der Waals surface area contributed by atoms with Gasteiger partial charge in [0.2, 0.25) is 0 Å². The lowest BCUT2D eigenvalue weighted by Crippen LogP contribution is -2.23. The van der Waals surface area contributed by atoms with Gasteiger partial charge in [-0.25, -0.2) is 4.79 Å². The number of ether oxygens (including phenoxy) is 2. The Morgan fingerprint density at radius 3 is 2.58 bits per heavy atom. The average molecular weight is 259 g/mol. The molecule has 2 rings (SSSR count). The Kier molecular flexibility index (Phi) is 4.02. The zero-order chi connectivity index (χ0) is 13.8. The Bertz CT molecular complexity index is 595. The van der Waals surface area contributed by atoms with E-state index in [-0.39, 0.29) is 0 Å². The number of fused-ring (bicyclic) bond motifs is 1. The van der Waals surface area contributed by atoms with Crippen molar-refractivity contribution in [3.05, 3.63) is 42.0 Å². The maximum absolute atomic E-state index is 11.6. The van der Waals surface area contributed by atoms with Crippen molar-refractivity contribution in [1.82, 2.24) is 0 Å². The van der Waals surface area contributed by atoms with Gasteiger partial charge in [-0.05, 0) is 41.5 Å². The largest absolute Gasteiger partial charge is 0.497 e. The van der Waals surface area contributed by atoms with E-state index < -0.39 is 12.0 Å². The molecule has 0 fully saturated rings. The van der Waals surface area contributed by atoms with Crippen LogP contribution in [0, 0.1) is 0 Å². The van der Waals surface area contributed by atoms with Crippen LogP contribution in [-0.4, -0.2) is 19.7 Å². The summed E-state index contributed by atoms with van der Waals surface area (Å²) in [6.07, 6.45) is 0. The highest BCUT2D eigenvalue weighted by molar-refractivity contribution is 5.86. The van der Waals surface area contributed by atoms with Crippen LogP contribution in [0.3, 0.4) is 0 Å². The molecule has 2 aromatic rings. The minimum Gasteiger partial charge on any atom is -0.497 e. The number of carbonyl (C=O) groups is 1. The van der Waals surface area contributed by atoms with Crippen molar-refractivity contribution in [3.8, 4) is 5.75 Å². The van der Waals surface area contributed by atoms with Crippen LogP contribution in [0.15, 0.2) is 36.4 Å². The second-order valence-corrected chi connectivity index (χ2v) is 4.20. The molecule has 1 unspecified atom stereocenters. The monoisotopic (exact) mass is 259 g/mol. The van der Waals surface area contributed by atoms with Crippen LogP contribution in [0.2, 0.25) is 0 Å². The Morgan fingerprint density at radius 2 is 1.89 bits per heavy atom. The number of hydrogen-bond donors (Lipinski definition) is 1. The summed E-state index contributed by atoms with van der Waals surface area (Å²) in [5.41, 5.74) is 6.62. The minimum atomic E-state index is -0.744.